The van der Waals surface area contributed by atoms with E-state index in [-0.39, 0.29) is 6.04 Å². The lowest BCUT2D eigenvalue weighted by molar-refractivity contribution is 0.348. The molecule has 0 radical (unpaired) electrons. The Kier molecular flexibility index (Phi) is 4.47. The van der Waals surface area contributed by atoms with Crippen molar-refractivity contribution in [1.29, 1.82) is 0 Å². The molecule has 1 aliphatic heterocycles. The Morgan fingerprint density at radius 1 is 1.32 bits per heavy atom. The number of rotatable bonds is 4. The normalized spacial score (nSPS) is 20.9. The third-order valence-corrected chi connectivity index (χ3v) is 5.55. The highest BCUT2D eigenvalue weighted by atomic mass is 32.2. The van der Waals surface area contributed by atoms with Crippen molar-refractivity contribution >= 4 is 9.84 Å². The highest BCUT2D eigenvalue weighted by molar-refractivity contribution is 7.91. The molecule has 0 aliphatic carbocycles. The summed E-state index contributed by atoms with van der Waals surface area (Å²) in [5, 5.41) is 3.32. The van der Waals surface area contributed by atoms with E-state index in [9.17, 15) is 8.42 Å². The van der Waals surface area contributed by atoms with Crippen LogP contribution in [0, 0.1) is 5.92 Å². The maximum atomic E-state index is 11.5. The fraction of sp³-hybridized carbons (Fsp3) is 0.571. The lowest BCUT2D eigenvalue weighted by Crippen LogP contribution is -2.32. The predicted octanol–water partition coefficient (Wildman–Crippen LogP) is 1.78. The van der Waals surface area contributed by atoms with Crippen molar-refractivity contribution in [1.82, 2.24) is 5.32 Å². The van der Waals surface area contributed by atoms with Crippen LogP contribution >= 0.6 is 0 Å². The van der Waals surface area contributed by atoms with Crippen molar-refractivity contribution in [3.8, 4) is 5.75 Å². The molecule has 1 aromatic carbocycles. The molecule has 1 unspecified atom stereocenters. The summed E-state index contributed by atoms with van der Waals surface area (Å²) in [5.41, 5.74) is 1.16. The van der Waals surface area contributed by atoms with Gasteiger partial charge in [0.1, 0.15) is 15.6 Å². The Morgan fingerprint density at radius 2 is 2.00 bits per heavy atom. The zero-order valence-electron chi connectivity index (χ0n) is 11.4. The van der Waals surface area contributed by atoms with E-state index >= 15 is 0 Å². The number of sulfone groups is 1. The van der Waals surface area contributed by atoms with Crippen molar-refractivity contribution in [2.24, 2.45) is 5.92 Å². The second-order valence-electron chi connectivity index (χ2n) is 5.03. The molecule has 0 aromatic heterocycles. The molecule has 5 heteroatoms. The van der Waals surface area contributed by atoms with E-state index in [0.717, 1.165) is 24.2 Å². The van der Waals surface area contributed by atoms with Crippen molar-refractivity contribution in [3.05, 3.63) is 29.8 Å². The van der Waals surface area contributed by atoms with E-state index in [4.69, 9.17) is 4.74 Å². The summed E-state index contributed by atoms with van der Waals surface area (Å²) in [5.74, 6) is 1.81. The maximum absolute atomic E-state index is 11.5. The second-order valence-corrected chi connectivity index (χ2v) is 7.34. The molecular formula is C14H21NO3S. The first-order chi connectivity index (χ1) is 9.05. The minimum absolute atomic E-state index is 0.186. The highest BCUT2D eigenvalue weighted by Gasteiger charge is 2.29. The van der Waals surface area contributed by atoms with Gasteiger partial charge in [-0.3, -0.25) is 0 Å². The van der Waals surface area contributed by atoms with Crippen molar-refractivity contribution in [2.45, 2.75) is 18.9 Å². The van der Waals surface area contributed by atoms with Gasteiger partial charge in [-0.2, -0.15) is 0 Å². The van der Waals surface area contributed by atoms with E-state index < -0.39 is 9.84 Å². The van der Waals surface area contributed by atoms with E-state index in [0.29, 0.717) is 17.4 Å². The van der Waals surface area contributed by atoms with Crippen LogP contribution in [0.1, 0.15) is 24.4 Å². The van der Waals surface area contributed by atoms with Crippen LogP contribution in [0.5, 0.6) is 5.75 Å². The summed E-state index contributed by atoms with van der Waals surface area (Å²) in [6.45, 7) is 0. The molecule has 1 fully saturated rings. The number of hydrogen-bond donors (Lipinski definition) is 1. The summed E-state index contributed by atoms with van der Waals surface area (Å²) in [6, 6.07) is 8.15. The van der Waals surface area contributed by atoms with Gasteiger partial charge in [-0.15, -0.1) is 0 Å². The van der Waals surface area contributed by atoms with Gasteiger partial charge in [0.25, 0.3) is 0 Å². The maximum Gasteiger partial charge on any atom is 0.150 e. The van der Waals surface area contributed by atoms with Gasteiger partial charge in [0.05, 0.1) is 18.6 Å². The second kappa shape index (κ2) is 5.92. The Labute approximate surface area is 115 Å². The van der Waals surface area contributed by atoms with Crippen molar-refractivity contribution in [2.75, 3.05) is 25.7 Å². The number of nitrogens with one attached hydrogen (secondary N) is 1. The summed E-state index contributed by atoms with van der Waals surface area (Å²) in [4.78, 5) is 0. The lowest BCUT2D eigenvalue weighted by Gasteiger charge is -2.30. The van der Waals surface area contributed by atoms with Crippen LogP contribution in [-0.4, -0.2) is 34.1 Å². The molecule has 1 aliphatic rings. The van der Waals surface area contributed by atoms with E-state index in [1.165, 1.54) is 0 Å². The number of benzene rings is 1. The fourth-order valence-corrected chi connectivity index (χ4v) is 4.28. The van der Waals surface area contributed by atoms with Gasteiger partial charge in [0.15, 0.2) is 0 Å². The van der Waals surface area contributed by atoms with Crippen LogP contribution in [-0.2, 0) is 9.84 Å². The van der Waals surface area contributed by atoms with Crippen LogP contribution in [0.25, 0.3) is 0 Å². The van der Waals surface area contributed by atoms with Gasteiger partial charge < -0.3 is 10.1 Å². The van der Waals surface area contributed by atoms with Crippen molar-refractivity contribution in [3.63, 3.8) is 0 Å². The first kappa shape index (κ1) is 14.3. The fourth-order valence-electron chi connectivity index (χ4n) is 2.75. The molecule has 0 amide bonds. The van der Waals surface area contributed by atoms with Gasteiger partial charge >= 0.3 is 0 Å². The molecule has 4 nitrogen and oxygen atoms in total. The molecular weight excluding hydrogens is 262 g/mol. The number of hydrogen-bond acceptors (Lipinski definition) is 4. The zero-order valence-corrected chi connectivity index (χ0v) is 12.2. The quantitative estimate of drug-likeness (QED) is 0.915. The van der Waals surface area contributed by atoms with Crippen LogP contribution in [0.3, 0.4) is 0 Å². The van der Waals surface area contributed by atoms with Gasteiger partial charge in [-0.1, -0.05) is 12.1 Å². The molecule has 2 rings (SSSR count). The molecule has 19 heavy (non-hydrogen) atoms. The van der Waals surface area contributed by atoms with Crippen molar-refractivity contribution < 1.29 is 13.2 Å². The summed E-state index contributed by atoms with van der Waals surface area (Å²) in [6.07, 6.45) is 1.45. The molecule has 1 N–H and O–H groups in total. The van der Waals surface area contributed by atoms with Gasteiger partial charge in [-0.25, -0.2) is 8.42 Å². The first-order valence-electron chi connectivity index (χ1n) is 6.57. The van der Waals surface area contributed by atoms with E-state index in [1.54, 1.807) is 7.11 Å². The molecule has 0 bridgehead atoms. The third-order valence-electron chi connectivity index (χ3n) is 3.83. The first-order valence-corrected chi connectivity index (χ1v) is 8.39. The minimum atomic E-state index is -2.80. The molecule has 0 saturated carbocycles. The topological polar surface area (TPSA) is 55.4 Å². The van der Waals surface area contributed by atoms with Gasteiger partial charge in [-0.05, 0) is 43.5 Å². The molecule has 1 heterocycles. The molecule has 1 saturated heterocycles. The summed E-state index contributed by atoms with van der Waals surface area (Å²) < 4.78 is 28.3. The van der Waals surface area contributed by atoms with E-state index in [1.807, 2.05) is 25.2 Å². The summed E-state index contributed by atoms with van der Waals surface area (Å²) >= 11 is 0. The number of ether oxygens (including phenoxy) is 1. The smallest absolute Gasteiger partial charge is 0.150 e. The van der Waals surface area contributed by atoms with E-state index in [2.05, 4.69) is 11.4 Å². The van der Waals surface area contributed by atoms with Crippen LogP contribution in [0.15, 0.2) is 24.3 Å². The lowest BCUT2D eigenvalue weighted by atomic mass is 9.88. The van der Waals surface area contributed by atoms with Crippen LogP contribution in [0.4, 0.5) is 0 Å². The average molecular weight is 283 g/mol. The van der Waals surface area contributed by atoms with Crippen LogP contribution < -0.4 is 10.1 Å². The Hall–Kier alpha value is -1.07. The third kappa shape index (κ3) is 3.48. The monoisotopic (exact) mass is 283 g/mol. The SMILES string of the molecule is CNC(c1cccc(OC)c1)C1CCS(=O)(=O)CC1. The predicted molar refractivity (Wildman–Crippen MR) is 76.2 cm³/mol. The summed E-state index contributed by atoms with van der Waals surface area (Å²) in [7, 11) is 0.772. The van der Waals surface area contributed by atoms with Gasteiger partial charge in [0.2, 0.25) is 0 Å². The Morgan fingerprint density at radius 3 is 2.58 bits per heavy atom. The zero-order chi connectivity index (χ0) is 13.9. The standard InChI is InChI=1S/C14H21NO3S/c1-15-14(11-6-8-19(16,17)9-7-11)12-4-3-5-13(10-12)18-2/h3-5,10-11,14-15H,6-9H2,1-2H3. The largest absolute Gasteiger partial charge is 0.497 e. The Bertz CT molecular complexity index is 513. The molecule has 1 atom stereocenters. The highest BCUT2D eigenvalue weighted by Crippen LogP contribution is 2.32. The van der Waals surface area contributed by atoms with Gasteiger partial charge in [0, 0.05) is 6.04 Å². The molecule has 0 spiro atoms. The van der Waals surface area contributed by atoms with Crippen LogP contribution in [0.2, 0.25) is 0 Å². The minimum Gasteiger partial charge on any atom is -0.497 e. The molecule has 106 valence electrons. The molecule has 1 aromatic rings. The average Bonchev–Trinajstić information content (AvgIpc) is 2.41. The number of methoxy groups -OCH3 is 1. The Balaban J connectivity index is 2.15.